The van der Waals surface area contributed by atoms with Gasteiger partial charge in [0.25, 0.3) is 0 Å². The number of aryl methyl sites for hydroxylation is 2. The Morgan fingerprint density at radius 3 is 2.32 bits per heavy atom. The van der Waals surface area contributed by atoms with Crippen molar-refractivity contribution in [3.8, 4) is 0 Å². The highest BCUT2D eigenvalue weighted by molar-refractivity contribution is 7.89. The van der Waals surface area contributed by atoms with Crippen molar-refractivity contribution >= 4 is 10.0 Å². The first-order chi connectivity index (χ1) is 12.9. The van der Waals surface area contributed by atoms with Crippen LogP contribution in [0.2, 0.25) is 0 Å². The topological polar surface area (TPSA) is 81.8 Å². The van der Waals surface area contributed by atoms with E-state index in [9.17, 15) is 30.4 Å². The highest BCUT2D eigenvalue weighted by Gasteiger charge is 2.35. The molecule has 0 aliphatic carbocycles. The van der Waals surface area contributed by atoms with Crippen LogP contribution in [0.25, 0.3) is 0 Å². The van der Waals surface area contributed by atoms with Crippen molar-refractivity contribution in [2.45, 2.75) is 57.3 Å². The molecular formula is C15H20F5N5O2S. The van der Waals surface area contributed by atoms with Crippen molar-refractivity contribution in [2.75, 3.05) is 6.54 Å². The van der Waals surface area contributed by atoms with E-state index in [1.165, 1.54) is 18.5 Å². The van der Waals surface area contributed by atoms with Gasteiger partial charge in [-0.05, 0) is 32.8 Å². The molecule has 2 aromatic rings. The molecule has 0 saturated carbocycles. The summed E-state index contributed by atoms with van der Waals surface area (Å²) in [6, 6.07) is 0.457. The van der Waals surface area contributed by atoms with Gasteiger partial charge < -0.3 is 0 Å². The Bertz CT molecular complexity index is 920. The van der Waals surface area contributed by atoms with E-state index in [2.05, 4.69) is 14.9 Å². The second-order valence-corrected chi connectivity index (χ2v) is 7.93. The van der Waals surface area contributed by atoms with Gasteiger partial charge in [-0.15, -0.1) is 0 Å². The summed E-state index contributed by atoms with van der Waals surface area (Å²) in [7, 11) is -4.09. The maximum Gasteiger partial charge on any atom is 0.435 e. The Morgan fingerprint density at radius 1 is 1.21 bits per heavy atom. The summed E-state index contributed by atoms with van der Waals surface area (Å²) in [6.07, 6.45) is -3.26. The number of hydrogen-bond acceptors (Lipinski definition) is 4. The number of aromatic nitrogens is 4. The van der Waals surface area contributed by atoms with Gasteiger partial charge in [-0.1, -0.05) is 6.92 Å². The van der Waals surface area contributed by atoms with Crippen molar-refractivity contribution in [3.63, 3.8) is 0 Å². The molecule has 0 aliphatic heterocycles. The fraction of sp³-hybridized carbons (Fsp3) is 0.600. The van der Waals surface area contributed by atoms with Crippen molar-refractivity contribution in [1.29, 1.82) is 0 Å². The molecule has 7 nitrogen and oxygen atoms in total. The minimum Gasteiger partial charge on any atom is -0.266 e. The summed E-state index contributed by atoms with van der Waals surface area (Å²) < 4.78 is 92.1. The third-order valence-corrected chi connectivity index (χ3v) is 5.72. The zero-order valence-corrected chi connectivity index (χ0v) is 16.2. The maximum absolute atomic E-state index is 12.8. The average Bonchev–Trinajstić information content (AvgIpc) is 3.15. The van der Waals surface area contributed by atoms with E-state index in [0.717, 1.165) is 12.3 Å². The molecule has 13 heteroatoms. The summed E-state index contributed by atoms with van der Waals surface area (Å²) in [5.74, 6) is 0. The fourth-order valence-corrected chi connectivity index (χ4v) is 3.98. The Balaban J connectivity index is 2.09. The van der Waals surface area contributed by atoms with E-state index in [0.29, 0.717) is 12.1 Å². The third kappa shape index (κ3) is 4.87. The summed E-state index contributed by atoms with van der Waals surface area (Å²) in [4.78, 5) is -0.379. The molecule has 0 amide bonds. The Morgan fingerprint density at radius 2 is 1.86 bits per heavy atom. The monoisotopic (exact) mass is 429 g/mol. The first-order valence-electron chi connectivity index (χ1n) is 8.33. The molecule has 0 aromatic carbocycles. The highest BCUT2D eigenvalue weighted by Crippen LogP contribution is 2.30. The Labute approximate surface area is 158 Å². The number of nitrogens with zero attached hydrogens (tertiary/aromatic N) is 4. The molecule has 0 aliphatic rings. The molecule has 2 aromatic heterocycles. The van der Waals surface area contributed by atoms with E-state index >= 15 is 0 Å². The van der Waals surface area contributed by atoms with E-state index in [4.69, 9.17) is 0 Å². The van der Waals surface area contributed by atoms with E-state index < -0.39 is 34.5 Å². The van der Waals surface area contributed by atoms with Gasteiger partial charge in [-0.2, -0.15) is 32.1 Å². The number of hydrogen-bond donors (Lipinski definition) is 1. The van der Waals surface area contributed by atoms with Crippen molar-refractivity contribution in [2.24, 2.45) is 0 Å². The molecule has 0 radical (unpaired) electrons. The fourth-order valence-electron chi connectivity index (χ4n) is 2.76. The Hall–Kier alpha value is -2.02. The van der Waals surface area contributed by atoms with Gasteiger partial charge in [0.2, 0.25) is 10.0 Å². The van der Waals surface area contributed by atoms with Crippen LogP contribution >= 0.6 is 0 Å². The first-order valence-corrected chi connectivity index (χ1v) is 9.82. The van der Waals surface area contributed by atoms with Crippen LogP contribution in [0.15, 0.2) is 17.2 Å². The standard InChI is InChI=1S/C15H20F5N5O2S/c1-4-11(25-9(2)7-13(23-25)15(18,19)20)5-6-21-28(26,27)12-8-24(14(16)17)22-10(12)3/h7-8,11,14,21H,4-6H2,1-3H3. The first kappa shape index (κ1) is 22.3. The van der Waals surface area contributed by atoms with Gasteiger partial charge in [0.15, 0.2) is 5.69 Å². The molecule has 0 bridgehead atoms. The van der Waals surface area contributed by atoms with Crippen LogP contribution in [-0.2, 0) is 16.2 Å². The van der Waals surface area contributed by atoms with Crippen molar-refractivity contribution in [1.82, 2.24) is 24.3 Å². The van der Waals surface area contributed by atoms with Crippen molar-refractivity contribution < 1.29 is 30.4 Å². The average molecular weight is 429 g/mol. The summed E-state index contributed by atoms with van der Waals surface area (Å²) in [6.45, 7) is 1.42. The van der Waals surface area contributed by atoms with Crippen LogP contribution < -0.4 is 4.72 Å². The number of alkyl halides is 5. The lowest BCUT2D eigenvalue weighted by Gasteiger charge is -2.18. The molecule has 2 heterocycles. The number of rotatable bonds is 8. The van der Waals surface area contributed by atoms with Crippen LogP contribution in [0.5, 0.6) is 0 Å². The van der Waals surface area contributed by atoms with Crippen LogP contribution in [0.4, 0.5) is 22.0 Å². The predicted molar refractivity (Wildman–Crippen MR) is 89.3 cm³/mol. The number of nitrogens with one attached hydrogen (secondary N) is 1. The third-order valence-electron chi connectivity index (χ3n) is 4.16. The minimum absolute atomic E-state index is 0.0856. The number of sulfonamides is 1. The van der Waals surface area contributed by atoms with E-state index in [1.54, 1.807) is 6.92 Å². The summed E-state index contributed by atoms with van der Waals surface area (Å²) >= 11 is 0. The Kier molecular flexibility index (Phi) is 6.48. The molecule has 158 valence electrons. The smallest absolute Gasteiger partial charge is 0.266 e. The molecule has 0 spiro atoms. The van der Waals surface area contributed by atoms with Gasteiger partial charge in [-0.3, -0.25) is 4.68 Å². The maximum atomic E-state index is 12.8. The molecule has 0 fully saturated rings. The lowest BCUT2D eigenvalue weighted by molar-refractivity contribution is -0.141. The summed E-state index contributed by atoms with van der Waals surface area (Å²) in [5, 5.41) is 7.03. The van der Waals surface area contributed by atoms with Crippen LogP contribution in [0.1, 0.15) is 49.4 Å². The van der Waals surface area contributed by atoms with Crippen LogP contribution in [-0.4, -0.2) is 34.5 Å². The quantitative estimate of drug-likeness (QED) is 0.652. The SMILES string of the molecule is CCC(CCNS(=O)(=O)c1cn(C(F)F)nc1C)n1nc(C(F)(F)F)cc1C. The lowest BCUT2D eigenvalue weighted by Crippen LogP contribution is -2.27. The van der Waals surface area contributed by atoms with E-state index in [-0.39, 0.29) is 28.2 Å². The second-order valence-electron chi connectivity index (χ2n) is 6.20. The molecule has 1 atom stereocenters. The molecule has 2 rings (SSSR count). The van der Waals surface area contributed by atoms with Gasteiger partial charge in [-0.25, -0.2) is 17.8 Å². The van der Waals surface area contributed by atoms with Gasteiger partial charge in [0.05, 0.1) is 17.9 Å². The van der Waals surface area contributed by atoms with Crippen LogP contribution in [0.3, 0.4) is 0 Å². The molecule has 1 unspecified atom stereocenters. The van der Waals surface area contributed by atoms with Crippen molar-refractivity contribution in [3.05, 3.63) is 29.3 Å². The van der Waals surface area contributed by atoms with Crippen LogP contribution in [0, 0.1) is 13.8 Å². The van der Waals surface area contributed by atoms with Gasteiger partial charge in [0, 0.05) is 12.2 Å². The van der Waals surface area contributed by atoms with Gasteiger partial charge in [0.1, 0.15) is 4.90 Å². The summed E-state index contributed by atoms with van der Waals surface area (Å²) in [5.41, 5.74) is -0.798. The largest absolute Gasteiger partial charge is 0.435 e. The van der Waals surface area contributed by atoms with Gasteiger partial charge >= 0.3 is 12.7 Å². The molecule has 0 saturated heterocycles. The normalized spacial score (nSPS) is 14.0. The lowest BCUT2D eigenvalue weighted by atomic mass is 10.1. The second kappa shape index (κ2) is 8.15. The zero-order valence-electron chi connectivity index (χ0n) is 15.3. The number of halogens is 5. The molecule has 28 heavy (non-hydrogen) atoms. The zero-order chi connectivity index (χ0) is 21.3. The molecular weight excluding hydrogens is 409 g/mol. The molecule has 1 N–H and O–H groups in total. The predicted octanol–water partition coefficient (Wildman–Crippen LogP) is 3.43. The minimum atomic E-state index is -4.57. The highest BCUT2D eigenvalue weighted by atomic mass is 32.2. The van der Waals surface area contributed by atoms with E-state index in [1.807, 2.05) is 0 Å².